The van der Waals surface area contributed by atoms with E-state index in [1.54, 1.807) is 12.1 Å². The highest BCUT2D eigenvalue weighted by molar-refractivity contribution is 7.90. The SMILES string of the molecule is CCCc1nc2c(C)cc(-c3nc4ccccc4n3C)cc2n1S(=O)(=O)c1ccc(C)cc1. The normalized spacial score (nSPS) is 12.1. The van der Waals surface area contributed by atoms with Gasteiger partial charge in [0.1, 0.15) is 11.6 Å². The minimum Gasteiger partial charge on any atom is -0.327 e. The second-order valence-electron chi connectivity index (χ2n) is 8.50. The van der Waals surface area contributed by atoms with Gasteiger partial charge in [-0.2, -0.15) is 0 Å². The van der Waals surface area contributed by atoms with Crippen LogP contribution in [0.4, 0.5) is 0 Å². The van der Waals surface area contributed by atoms with Crippen molar-refractivity contribution in [3.05, 3.63) is 77.6 Å². The summed E-state index contributed by atoms with van der Waals surface area (Å²) in [7, 11) is -1.84. The highest BCUT2D eigenvalue weighted by Gasteiger charge is 2.25. The lowest BCUT2D eigenvalue weighted by molar-refractivity contribution is 0.585. The molecule has 0 aliphatic carbocycles. The van der Waals surface area contributed by atoms with E-state index in [0.717, 1.165) is 40.0 Å². The van der Waals surface area contributed by atoms with E-state index in [0.29, 0.717) is 23.3 Å². The first-order valence-corrected chi connectivity index (χ1v) is 12.5. The highest BCUT2D eigenvalue weighted by Crippen LogP contribution is 2.32. The van der Waals surface area contributed by atoms with Crippen molar-refractivity contribution >= 4 is 32.1 Å². The molecule has 6 nitrogen and oxygen atoms in total. The van der Waals surface area contributed by atoms with Crippen LogP contribution in [-0.2, 0) is 23.5 Å². The van der Waals surface area contributed by atoms with Gasteiger partial charge in [0.15, 0.2) is 0 Å². The van der Waals surface area contributed by atoms with Crippen molar-refractivity contribution in [2.24, 2.45) is 7.05 Å². The van der Waals surface area contributed by atoms with Crippen LogP contribution in [0.15, 0.2) is 65.6 Å². The van der Waals surface area contributed by atoms with Crippen LogP contribution in [0.1, 0.15) is 30.3 Å². The fourth-order valence-corrected chi connectivity index (χ4v) is 5.87. The van der Waals surface area contributed by atoms with Crippen molar-refractivity contribution in [2.75, 3.05) is 0 Å². The van der Waals surface area contributed by atoms with Crippen LogP contribution in [0.2, 0.25) is 0 Å². The van der Waals surface area contributed by atoms with E-state index < -0.39 is 10.0 Å². The average Bonchev–Trinajstić information content (AvgIpc) is 3.33. The Bertz CT molecular complexity index is 1610. The molecule has 0 aliphatic rings. The largest absolute Gasteiger partial charge is 0.327 e. The molecule has 2 aromatic heterocycles. The second-order valence-corrected chi connectivity index (χ2v) is 10.3. The van der Waals surface area contributed by atoms with Gasteiger partial charge in [0.05, 0.1) is 27.0 Å². The average molecular weight is 459 g/mol. The maximum Gasteiger partial charge on any atom is 0.269 e. The van der Waals surface area contributed by atoms with Crippen LogP contribution in [0.25, 0.3) is 33.5 Å². The fourth-order valence-electron chi connectivity index (χ4n) is 4.37. The first-order chi connectivity index (χ1) is 15.8. The third-order valence-electron chi connectivity index (χ3n) is 6.05. The molecule has 7 heteroatoms. The first-order valence-electron chi connectivity index (χ1n) is 11.1. The van der Waals surface area contributed by atoms with Crippen molar-refractivity contribution in [3.63, 3.8) is 0 Å². The Morgan fingerprint density at radius 2 is 1.64 bits per heavy atom. The minimum absolute atomic E-state index is 0.260. The lowest BCUT2D eigenvalue weighted by atomic mass is 10.1. The summed E-state index contributed by atoms with van der Waals surface area (Å²) >= 11 is 0. The monoisotopic (exact) mass is 458 g/mol. The molecular weight excluding hydrogens is 432 g/mol. The van der Waals surface area contributed by atoms with Crippen LogP contribution in [0.3, 0.4) is 0 Å². The molecule has 0 saturated heterocycles. The molecule has 0 aliphatic heterocycles. The number of benzene rings is 3. The predicted molar refractivity (Wildman–Crippen MR) is 132 cm³/mol. The lowest BCUT2D eigenvalue weighted by Crippen LogP contribution is -2.16. The molecule has 0 atom stereocenters. The molecule has 0 fully saturated rings. The van der Waals surface area contributed by atoms with Crippen LogP contribution < -0.4 is 0 Å². The van der Waals surface area contributed by atoms with Crippen LogP contribution >= 0.6 is 0 Å². The number of rotatable bonds is 5. The summed E-state index contributed by atoms with van der Waals surface area (Å²) in [6, 6.07) is 18.9. The molecule has 0 amide bonds. The Balaban J connectivity index is 1.80. The van der Waals surface area contributed by atoms with Crippen LogP contribution in [-0.4, -0.2) is 26.9 Å². The van der Waals surface area contributed by atoms with E-state index in [4.69, 9.17) is 9.97 Å². The summed E-state index contributed by atoms with van der Waals surface area (Å²) in [5, 5.41) is 0. The summed E-state index contributed by atoms with van der Waals surface area (Å²) in [6.45, 7) is 5.94. The van der Waals surface area contributed by atoms with Crippen molar-refractivity contribution in [3.8, 4) is 11.4 Å². The summed E-state index contributed by atoms with van der Waals surface area (Å²) in [5.74, 6) is 1.34. The molecule has 0 radical (unpaired) electrons. The van der Waals surface area contributed by atoms with Gasteiger partial charge in [0.25, 0.3) is 10.0 Å². The Labute approximate surface area is 193 Å². The zero-order chi connectivity index (χ0) is 23.3. The number of hydrogen-bond donors (Lipinski definition) is 0. The molecule has 0 saturated carbocycles. The topological polar surface area (TPSA) is 69.8 Å². The fraction of sp³-hybridized carbons (Fsp3) is 0.231. The van der Waals surface area contributed by atoms with E-state index in [1.807, 2.05) is 80.9 Å². The smallest absolute Gasteiger partial charge is 0.269 e. The van der Waals surface area contributed by atoms with Crippen molar-refractivity contribution < 1.29 is 8.42 Å². The third-order valence-corrected chi connectivity index (χ3v) is 7.81. The molecule has 0 spiro atoms. The maximum atomic E-state index is 13.8. The Hall–Kier alpha value is -3.45. The number of imidazole rings is 2. The quantitative estimate of drug-likeness (QED) is 0.354. The molecule has 168 valence electrons. The molecule has 0 bridgehead atoms. The number of fused-ring (bicyclic) bond motifs is 2. The minimum atomic E-state index is -3.82. The molecule has 0 N–H and O–H groups in total. The first kappa shape index (κ1) is 21.4. The third kappa shape index (κ3) is 3.43. The van der Waals surface area contributed by atoms with E-state index in [9.17, 15) is 8.42 Å². The van der Waals surface area contributed by atoms with Crippen molar-refractivity contribution in [2.45, 2.75) is 38.5 Å². The number of aromatic nitrogens is 4. The number of nitrogens with zero attached hydrogens (tertiary/aromatic N) is 4. The van der Waals surface area contributed by atoms with E-state index in [-0.39, 0.29) is 4.90 Å². The zero-order valence-electron chi connectivity index (χ0n) is 19.2. The van der Waals surface area contributed by atoms with Gasteiger partial charge in [0, 0.05) is 19.0 Å². The Morgan fingerprint density at radius 3 is 2.33 bits per heavy atom. The van der Waals surface area contributed by atoms with Crippen LogP contribution in [0, 0.1) is 13.8 Å². The van der Waals surface area contributed by atoms with E-state index in [2.05, 4.69) is 0 Å². The standard InChI is InChI=1S/C26H26N4O2S/c1-5-8-24-28-25-18(3)15-19(26-27-21-9-6-7-10-22(21)29(26)4)16-23(25)30(24)33(31,32)20-13-11-17(2)12-14-20/h6-7,9-16H,5,8H2,1-4H3. The van der Waals surface area contributed by atoms with Crippen molar-refractivity contribution in [1.82, 2.24) is 18.5 Å². The van der Waals surface area contributed by atoms with Gasteiger partial charge in [-0.1, -0.05) is 36.8 Å². The number of para-hydroxylation sites is 2. The van der Waals surface area contributed by atoms with Gasteiger partial charge in [0.2, 0.25) is 0 Å². The van der Waals surface area contributed by atoms with Gasteiger partial charge in [-0.3, -0.25) is 0 Å². The molecular formula is C26H26N4O2S. The molecule has 5 aromatic rings. The van der Waals surface area contributed by atoms with Crippen LogP contribution in [0.5, 0.6) is 0 Å². The van der Waals surface area contributed by atoms with Gasteiger partial charge in [-0.25, -0.2) is 22.4 Å². The van der Waals surface area contributed by atoms with Gasteiger partial charge in [-0.15, -0.1) is 0 Å². The second kappa shape index (κ2) is 7.85. The van der Waals surface area contributed by atoms with Crippen molar-refractivity contribution in [1.29, 1.82) is 0 Å². The molecule has 2 heterocycles. The predicted octanol–water partition coefficient (Wildman–Crippen LogP) is 5.40. The highest BCUT2D eigenvalue weighted by atomic mass is 32.2. The summed E-state index contributed by atoms with van der Waals surface area (Å²) in [6.07, 6.45) is 1.37. The summed E-state index contributed by atoms with van der Waals surface area (Å²) in [4.78, 5) is 9.84. The lowest BCUT2D eigenvalue weighted by Gasteiger charge is -2.12. The molecule has 33 heavy (non-hydrogen) atoms. The number of aryl methyl sites for hydroxylation is 4. The molecule has 5 rings (SSSR count). The Morgan fingerprint density at radius 1 is 0.909 bits per heavy atom. The van der Waals surface area contributed by atoms with Gasteiger partial charge < -0.3 is 4.57 Å². The number of hydrogen-bond acceptors (Lipinski definition) is 4. The van der Waals surface area contributed by atoms with Gasteiger partial charge in [-0.05, 0) is 62.2 Å². The summed E-state index contributed by atoms with van der Waals surface area (Å²) < 4.78 is 31.0. The van der Waals surface area contributed by atoms with Gasteiger partial charge >= 0.3 is 0 Å². The molecule has 0 unspecified atom stereocenters. The zero-order valence-corrected chi connectivity index (χ0v) is 20.0. The Kier molecular flexibility index (Phi) is 5.09. The van der Waals surface area contributed by atoms with E-state index in [1.165, 1.54) is 3.97 Å². The van der Waals surface area contributed by atoms with E-state index >= 15 is 0 Å². The molecule has 3 aromatic carbocycles. The maximum absolute atomic E-state index is 13.8. The summed E-state index contributed by atoms with van der Waals surface area (Å²) in [5.41, 5.74) is 6.01.